The van der Waals surface area contributed by atoms with Gasteiger partial charge in [-0.2, -0.15) is 0 Å². The zero-order chi connectivity index (χ0) is 10.8. The van der Waals surface area contributed by atoms with Gasteiger partial charge in [0.25, 0.3) is 0 Å². The van der Waals surface area contributed by atoms with Crippen molar-refractivity contribution in [3.63, 3.8) is 0 Å². The number of nitrogens with zero attached hydrogens (tertiary/aromatic N) is 1. The Bertz CT molecular complexity index is 234. The Labute approximate surface area is 92.2 Å². The predicted molar refractivity (Wildman–Crippen MR) is 60.6 cm³/mol. The van der Waals surface area contributed by atoms with E-state index in [1.54, 1.807) is 0 Å². The third-order valence-electron chi connectivity index (χ3n) is 4.01. The lowest BCUT2D eigenvalue weighted by atomic mass is 9.87. The molecule has 0 aromatic rings. The molecule has 1 aliphatic carbocycles. The molecule has 15 heavy (non-hydrogen) atoms. The fourth-order valence-electron chi connectivity index (χ4n) is 2.89. The van der Waals surface area contributed by atoms with E-state index in [0.717, 1.165) is 18.9 Å². The van der Waals surface area contributed by atoms with Crippen molar-refractivity contribution in [3.05, 3.63) is 0 Å². The molecule has 1 saturated carbocycles. The Kier molecular flexibility index (Phi) is 3.29. The SMILES string of the molecule is CNC1CCN(C2CCC(C)CC2)C1=O. The van der Waals surface area contributed by atoms with Crippen LogP contribution in [0.2, 0.25) is 0 Å². The molecular weight excluding hydrogens is 188 g/mol. The minimum Gasteiger partial charge on any atom is -0.338 e. The maximum atomic E-state index is 12.0. The van der Waals surface area contributed by atoms with E-state index in [9.17, 15) is 4.79 Å². The van der Waals surface area contributed by atoms with Gasteiger partial charge in [-0.1, -0.05) is 6.92 Å². The van der Waals surface area contributed by atoms with Crippen LogP contribution in [-0.2, 0) is 4.79 Å². The quantitative estimate of drug-likeness (QED) is 0.747. The lowest BCUT2D eigenvalue weighted by molar-refractivity contribution is -0.132. The Morgan fingerprint density at radius 3 is 2.40 bits per heavy atom. The van der Waals surface area contributed by atoms with Crippen molar-refractivity contribution in [2.45, 2.75) is 51.1 Å². The molecule has 1 aliphatic heterocycles. The molecule has 0 aromatic heterocycles. The average Bonchev–Trinajstić information content (AvgIpc) is 2.61. The summed E-state index contributed by atoms with van der Waals surface area (Å²) in [7, 11) is 1.88. The van der Waals surface area contributed by atoms with Gasteiger partial charge in [-0.05, 0) is 45.1 Å². The van der Waals surface area contributed by atoms with Crippen LogP contribution in [0.25, 0.3) is 0 Å². The predicted octanol–water partition coefficient (Wildman–Crippen LogP) is 1.39. The van der Waals surface area contributed by atoms with Gasteiger partial charge in [-0.3, -0.25) is 4.79 Å². The van der Waals surface area contributed by atoms with Gasteiger partial charge >= 0.3 is 0 Å². The van der Waals surface area contributed by atoms with E-state index in [0.29, 0.717) is 11.9 Å². The van der Waals surface area contributed by atoms with Crippen molar-refractivity contribution >= 4 is 5.91 Å². The highest BCUT2D eigenvalue weighted by molar-refractivity contribution is 5.84. The first-order valence-electron chi connectivity index (χ1n) is 6.20. The first-order valence-corrected chi connectivity index (χ1v) is 6.20. The van der Waals surface area contributed by atoms with Crippen LogP contribution in [0.3, 0.4) is 0 Å². The Morgan fingerprint density at radius 1 is 1.20 bits per heavy atom. The standard InChI is InChI=1S/C12H22N2O/c1-9-3-5-10(6-4-9)14-8-7-11(13-2)12(14)15/h9-11,13H,3-8H2,1-2H3. The normalized spacial score (nSPS) is 37.3. The van der Waals surface area contributed by atoms with Gasteiger partial charge in [0.1, 0.15) is 0 Å². The van der Waals surface area contributed by atoms with Gasteiger partial charge < -0.3 is 10.2 Å². The Morgan fingerprint density at radius 2 is 1.87 bits per heavy atom. The molecule has 2 fully saturated rings. The van der Waals surface area contributed by atoms with Gasteiger partial charge in [-0.25, -0.2) is 0 Å². The van der Waals surface area contributed by atoms with Gasteiger partial charge in [0.15, 0.2) is 0 Å². The van der Waals surface area contributed by atoms with Crippen molar-refractivity contribution in [2.24, 2.45) is 5.92 Å². The summed E-state index contributed by atoms with van der Waals surface area (Å²) in [6.07, 6.45) is 5.99. The molecule has 0 spiro atoms. The average molecular weight is 210 g/mol. The number of hydrogen-bond donors (Lipinski definition) is 1. The van der Waals surface area contributed by atoms with Crippen LogP contribution in [0.5, 0.6) is 0 Å². The van der Waals surface area contributed by atoms with E-state index >= 15 is 0 Å². The Balaban J connectivity index is 1.92. The number of carbonyl (C=O) groups excluding carboxylic acids is 1. The van der Waals surface area contributed by atoms with E-state index in [4.69, 9.17) is 0 Å². The number of carbonyl (C=O) groups is 1. The van der Waals surface area contributed by atoms with Crippen LogP contribution in [0, 0.1) is 5.92 Å². The summed E-state index contributed by atoms with van der Waals surface area (Å²) in [5, 5.41) is 3.10. The van der Waals surface area contributed by atoms with Gasteiger partial charge in [-0.15, -0.1) is 0 Å². The monoisotopic (exact) mass is 210 g/mol. The summed E-state index contributed by atoms with van der Waals surface area (Å²) in [5.74, 6) is 1.19. The molecular formula is C12H22N2O. The van der Waals surface area contributed by atoms with Crippen molar-refractivity contribution in [2.75, 3.05) is 13.6 Å². The zero-order valence-electron chi connectivity index (χ0n) is 9.83. The van der Waals surface area contributed by atoms with Gasteiger partial charge in [0.05, 0.1) is 6.04 Å². The molecule has 1 N–H and O–H groups in total. The number of rotatable bonds is 2. The summed E-state index contributed by atoms with van der Waals surface area (Å²) in [6.45, 7) is 3.28. The summed E-state index contributed by atoms with van der Waals surface area (Å²) in [4.78, 5) is 14.1. The van der Waals surface area contributed by atoms with Crippen LogP contribution in [-0.4, -0.2) is 36.5 Å². The molecule has 1 amide bonds. The minimum absolute atomic E-state index is 0.0874. The first kappa shape index (κ1) is 10.9. The molecule has 1 unspecified atom stereocenters. The van der Waals surface area contributed by atoms with Crippen LogP contribution in [0.4, 0.5) is 0 Å². The number of nitrogens with one attached hydrogen (secondary N) is 1. The molecule has 2 rings (SSSR count). The summed E-state index contributed by atoms with van der Waals surface area (Å²) < 4.78 is 0. The molecule has 0 bridgehead atoms. The van der Waals surface area contributed by atoms with Crippen LogP contribution >= 0.6 is 0 Å². The Hall–Kier alpha value is -0.570. The zero-order valence-corrected chi connectivity index (χ0v) is 9.83. The molecule has 1 atom stereocenters. The van der Waals surface area contributed by atoms with Crippen molar-refractivity contribution in [1.29, 1.82) is 0 Å². The third-order valence-corrected chi connectivity index (χ3v) is 4.01. The second kappa shape index (κ2) is 4.52. The summed E-state index contributed by atoms with van der Waals surface area (Å²) in [5.41, 5.74) is 0. The molecule has 2 aliphatic rings. The van der Waals surface area contributed by atoms with Crippen LogP contribution < -0.4 is 5.32 Å². The summed E-state index contributed by atoms with van der Waals surface area (Å²) in [6, 6.07) is 0.622. The topological polar surface area (TPSA) is 32.3 Å². The highest BCUT2D eigenvalue weighted by Gasteiger charge is 2.35. The molecule has 3 heteroatoms. The number of likely N-dealkylation sites (N-methyl/N-ethyl adjacent to an activating group) is 1. The lowest BCUT2D eigenvalue weighted by Gasteiger charge is -2.33. The highest BCUT2D eigenvalue weighted by Crippen LogP contribution is 2.29. The lowest BCUT2D eigenvalue weighted by Crippen LogP contribution is -2.43. The fraction of sp³-hybridized carbons (Fsp3) is 0.917. The summed E-state index contributed by atoms with van der Waals surface area (Å²) >= 11 is 0. The molecule has 0 aromatic carbocycles. The smallest absolute Gasteiger partial charge is 0.240 e. The van der Waals surface area contributed by atoms with E-state index in [-0.39, 0.29) is 6.04 Å². The van der Waals surface area contributed by atoms with E-state index in [1.165, 1.54) is 25.7 Å². The van der Waals surface area contributed by atoms with E-state index in [1.807, 2.05) is 7.05 Å². The third kappa shape index (κ3) is 2.17. The molecule has 86 valence electrons. The molecule has 3 nitrogen and oxygen atoms in total. The largest absolute Gasteiger partial charge is 0.338 e. The fourth-order valence-corrected chi connectivity index (χ4v) is 2.89. The van der Waals surface area contributed by atoms with Gasteiger partial charge in [0.2, 0.25) is 5.91 Å². The maximum absolute atomic E-state index is 12.0. The molecule has 0 radical (unpaired) electrons. The van der Waals surface area contributed by atoms with Crippen molar-refractivity contribution in [3.8, 4) is 0 Å². The van der Waals surface area contributed by atoms with Crippen molar-refractivity contribution in [1.82, 2.24) is 10.2 Å². The molecule has 1 heterocycles. The second-order valence-electron chi connectivity index (χ2n) is 5.08. The maximum Gasteiger partial charge on any atom is 0.240 e. The highest BCUT2D eigenvalue weighted by atomic mass is 16.2. The van der Waals surface area contributed by atoms with Crippen molar-refractivity contribution < 1.29 is 4.79 Å². The second-order valence-corrected chi connectivity index (χ2v) is 5.08. The van der Waals surface area contributed by atoms with E-state index < -0.39 is 0 Å². The number of hydrogen-bond acceptors (Lipinski definition) is 2. The van der Waals surface area contributed by atoms with Crippen LogP contribution in [0.1, 0.15) is 39.0 Å². The van der Waals surface area contributed by atoms with Crippen LogP contribution in [0.15, 0.2) is 0 Å². The molecule has 1 saturated heterocycles. The first-order chi connectivity index (χ1) is 7.22. The number of amides is 1. The number of likely N-dealkylation sites (tertiary alicyclic amines) is 1. The van der Waals surface area contributed by atoms with E-state index in [2.05, 4.69) is 17.1 Å². The minimum atomic E-state index is 0.0874. The van der Waals surface area contributed by atoms with Gasteiger partial charge in [0, 0.05) is 12.6 Å².